The normalized spacial score (nSPS) is 17.9. The van der Waals surface area contributed by atoms with E-state index in [-0.39, 0.29) is 11.3 Å². The Hall–Kier alpha value is -2.64. The number of amides is 1. The number of rotatable bonds is 8. The molecule has 0 aliphatic carbocycles. The lowest BCUT2D eigenvalue weighted by atomic mass is 9.94. The van der Waals surface area contributed by atoms with Crippen molar-refractivity contribution in [2.45, 2.75) is 26.8 Å². The summed E-state index contributed by atoms with van der Waals surface area (Å²) < 4.78 is 6.62. The molecule has 1 amide bonds. The lowest BCUT2D eigenvalue weighted by Crippen LogP contribution is -2.35. The minimum atomic E-state index is -0.671. The van der Waals surface area contributed by atoms with Crippen molar-refractivity contribution in [2.24, 2.45) is 5.92 Å². The molecule has 2 aromatic rings. The van der Waals surface area contributed by atoms with Crippen LogP contribution in [-0.2, 0) is 9.59 Å². The summed E-state index contributed by atoms with van der Waals surface area (Å²) in [5.41, 5.74) is 2.15. The number of nitrogens with zero attached hydrogens (tertiary/aromatic N) is 2. The summed E-state index contributed by atoms with van der Waals surface area (Å²) in [4.78, 5) is 29.6. The second-order valence-electron chi connectivity index (χ2n) is 9.03. The van der Waals surface area contributed by atoms with E-state index in [0.717, 1.165) is 15.6 Å². The molecule has 1 saturated heterocycles. The number of ether oxygens (including phenoxy) is 1. The Kier molecular flexibility index (Phi) is 7.97. The average Bonchev–Trinajstić information content (AvgIpc) is 3.00. The van der Waals surface area contributed by atoms with E-state index in [1.165, 1.54) is 0 Å². The van der Waals surface area contributed by atoms with E-state index in [0.29, 0.717) is 36.9 Å². The minimum absolute atomic E-state index is 0.107. The Bertz CT molecular complexity index is 1080. The molecule has 7 heteroatoms. The number of benzene rings is 2. The van der Waals surface area contributed by atoms with Crippen LogP contribution >= 0.6 is 15.9 Å². The van der Waals surface area contributed by atoms with Crippen LogP contribution in [0.2, 0.25) is 0 Å². The number of hydrogen-bond donors (Lipinski definition) is 1. The Morgan fingerprint density at radius 1 is 1.18 bits per heavy atom. The number of ketones is 1. The van der Waals surface area contributed by atoms with Crippen molar-refractivity contribution in [1.82, 2.24) is 9.80 Å². The Balaban J connectivity index is 2.09. The zero-order valence-corrected chi connectivity index (χ0v) is 21.3. The van der Waals surface area contributed by atoms with Crippen molar-refractivity contribution >= 4 is 33.4 Å². The highest BCUT2D eigenvalue weighted by molar-refractivity contribution is 9.10. The first-order chi connectivity index (χ1) is 15.6. The molecule has 33 heavy (non-hydrogen) atoms. The molecule has 1 fully saturated rings. The zero-order valence-electron chi connectivity index (χ0n) is 19.8. The smallest absolute Gasteiger partial charge is 0.295 e. The van der Waals surface area contributed by atoms with Crippen LogP contribution in [-0.4, -0.2) is 60.4 Å². The quantitative estimate of drug-likeness (QED) is 0.312. The first kappa shape index (κ1) is 25.0. The van der Waals surface area contributed by atoms with Gasteiger partial charge in [-0.25, -0.2) is 0 Å². The molecule has 0 spiro atoms. The lowest BCUT2D eigenvalue weighted by molar-refractivity contribution is -0.140. The number of aryl methyl sites for hydroxylation is 1. The molecule has 0 saturated carbocycles. The number of likely N-dealkylation sites (N-methyl/N-ethyl adjacent to an activating group) is 1. The second-order valence-corrected chi connectivity index (χ2v) is 9.95. The molecule has 3 rings (SSSR count). The van der Waals surface area contributed by atoms with E-state index in [1.807, 2.05) is 56.3 Å². The van der Waals surface area contributed by atoms with Crippen molar-refractivity contribution in [3.8, 4) is 5.75 Å². The third-order valence-corrected chi connectivity index (χ3v) is 6.02. The summed E-state index contributed by atoms with van der Waals surface area (Å²) in [5.74, 6) is -0.346. The zero-order chi connectivity index (χ0) is 24.3. The fraction of sp³-hybridized carbons (Fsp3) is 0.385. The minimum Gasteiger partial charge on any atom is -0.507 e. The van der Waals surface area contributed by atoms with Gasteiger partial charge in [0, 0.05) is 23.1 Å². The summed E-state index contributed by atoms with van der Waals surface area (Å²) in [7, 11) is 3.83. The predicted octanol–water partition coefficient (Wildman–Crippen LogP) is 4.78. The van der Waals surface area contributed by atoms with Gasteiger partial charge in [-0.2, -0.15) is 0 Å². The van der Waals surface area contributed by atoms with Crippen molar-refractivity contribution in [3.63, 3.8) is 0 Å². The summed E-state index contributed by atoms with van der Waals surface area (Å²) in [5, 5.41) is 11.3. The van der Waals surface area contributed by atoms with Crippen LogP contribution < -0.4 is 4.74 Å². The molecule has 176 valence electrons. The van der Waals surface area contributed by atoms with Crippen molar-refractivity contribution in [3.05, 3.63) is 69.2 Å². The van der Waals surface area contributed by atoms with Crippen LogP contribution in [0.3, 0.4) is 0 Å². The Morgan fingerprint density at radius 3 is 2.52 bits per heavy atom. The predicted molar refractivity (Wildman–Crippen MR) is 133 cm³/mol. The number of hydrogen-bond acceptors (Lipinski definition) is 5. The van der Waals surface area contributed by atoms with Gasteiger partial charge < -0.3 is 19.6 Å². The van der Waals surface area contributed by atoms with Crippen molar-refractivity contribution in [2.75, 3.05) is 33.8 Å². The van der Waals surface area contributed by atoms with Gasteiger partial charge in [-0.1, -0.05) is 41.9 Å². The van der Waals surface area contributed by atoms with E-state index in [9.17, 15) is 14.7 Å². The molecule has 1 unspecified atom stereocenters. The third-order valence-electron chi connectivity index (χ3n) is 5.53. The highest BCUT2D eigenvalue weighted by Gasteiger charge is 2.46. The lowest BCUT2D eigenvalue weighted by Gasteiger charge is -2.26. The van der Waals surface area contributed by atoms with E-state index in [4.69, 9.17) is 4.74 Å². The van der Waals surface area contributed by atoms with Gasteiger partial charge in [0.1, 0.15) is 11.5 Å². The number of Topliss-reactive ketones (excluding diaryl/α,β-unsaturated/α-hetero) is 1. The first-order valence-corrected chi connectivity index (χ1v) is 11.8. The number of halogens is 1. The third kappa shape index (κ3) is 5.65. The summed E-state index contributed by atoms with van der Waals surface area (Å²) >= 11 is 3.48. The molecular formula is C26H31BrN2O4. The maximum absolute atomic E-state index is 13.1. The number of aliphatic hydroxyl groups excluding tert-OH is 1. The standard InChI is InChI=1S/C26H31BrN2O4/c1-16(2)15-33-20-9-10-21(17(3)13-20)24(30)22-23(18-7-6-8-19(27)14-18)29(12-11-28(4)5)26(32)25(22)31/h6-10,13-14,16,23,30H,11-12,15H2,1-5H3. The molecule has 6 nitrogen and oxygen atoms in total. The maximum atomic E-state index is 13.1. The molecule has 1 atom stereocenters. The van der Waals surface area contributed by atoms with Gasteiger partial charge in [0.15, 0.2) is 0 Å². The van der Waals surface area contributed by atoms with Gasteiger partial charge in [-0.05, 0) is 68.4 Å². The molecule has 1 N–H and O–H groups in total. The maximum Gasteiger partial charge on any atom is 0.295 e. The summed E-state index contributed by atoms with van der Waals surface area (Å²) in [6, 6.07) is 12.2. The van der Waals surface area contributed by atoms with E-state index < -0.39 is 17.7 Å². The number of likely N-dealkylation sites (tertiary alicyclic amines) is 1. The van der Waals surface area contributed by atoms with Gasteiger partial charge in [-0.3, -0.25) is 9.59 Å². The first-order valence-electron chi connectivity index (χ1n) is 11.0. The molecule has 0 aromatic heterocycles. The number of carbonyl (C=O) groups is 2. The molecule has 1 aliphatic rings. The fourth-order valence-electron chi connectivity index (χ4n) is 3.84. The monoisotopic (exact) mass is 514 g/mol. The molecular weight excluding hydrogens is 484 g/mol. The fourth-order valence-corrected chi connectivity index (χ4v) is 4.26. The number of aliphatic hydroxyl groups is 1. The van der Waals surface area contributed by atoms with Crippen LogP contribution in [0.25, 0.3) is 5.76 Å². The van der Waals surface area contributed by atoms with E-state index in [1.54, 1.807) is 17.0 Å². The summed E-state index contributed by atoms with van der Waals surface area (Å²) in [6.07, 6.45) is 0. The van der Waals surface area contributed by atoms with Gasteiger partial charge in [0.05, 0.1) is 18.2 Å². The average molecular weight is 515 g/mol. The van der Waals surface area contributed by atoms with E-state index >= 15 is 0 Å². The highest BCUT2D eigenvalue weighted by atomic mass is 79.9. The van der Waals surface area contributed by atoms with Gasteiger partial charge in [0.2, 0.25) is 0 Å². The highest BCUT2D eigenvalue weighted by Crippen LogP contribution is 2.40. The molecule has 2 aromatic carbocycles. The van der Waals surface area contributed by atoms with Crippen molar-refractivity contribution < 1.29 is 19.4 Å². The topological polar surface area (TPSA) is 70.1 Å². The largest absolute Gasteiger partial charge is 0.507 e. The Morgan fingerprint density at radius 2 is 1.91 bits per heavy atom. The van der Waals surface area contributed by atoms with Crippen LogP contribution in [0.5, 0.6) is 5.75 Å². The van der Waals surface area contributed by atoms with Crippen LogP contribution in [0.1, 0.15) is 36.6 Å². The van der Waals surface area contributed by atoms with E-state index in [2.05, 4.69) is 29.8 Å². The van der Waals surface area contributed by atoms with Crippen molar-refractivity contribution in [1.29, 1.82) is 0 Å². The van der Waals surface area contributed by atoms with Crippen LogP contribution in [0, 0.1) is 12.8 Å². The molecule has 0 radical (unpaired) electrons. The summed E-state index contributed by atoms with van der Waals surface area (Å²) in [6.45, 7) is 7.55. The van der Waals surface area contributed by atoms with Crippen LogP contribution in [0.15, 0.2) is 52.5 Å². The SMILES string of the molecule is Cc1cc(OCC(C)C)ccc1C(O)=C1C(=O)C(=O)N(CCN(C)C)C1c1cccc(Br)c1. The second kappa shape index (κ2) is 10.5. The Labute approximate surface area is 204 Å². The van der Waals surface area contributed by atoms with Gasteiger partial charge >= 0.3 is 0 Å². The molecule has 1 aliphatic heterocycles. The number of carbonyl (C=O) groups excluding carboxylic acids is 2. The molecule has 0 bridgehead atoms. The van der Waals surface area contributed by atoms with Crippen LogP contribution in [0.4, 0.5) is 0 Å². The van der Waals surface area contributed by atoms with Gasteiger partial charge in [-0.15, -0.1) is 0 Å². The van der Waals surface area contributed by atoms with Gasteiger partial charge in [0.25, 0.3) is 11.7 Å². The molecule has 1 heterocycles.